The molecule has 2 fully saturated rings. The van der Waals surface area contributed by atoms with Crippen molar-refractivity contribution in [2.75, 3.05) is 33.3 Å². The van der Waals surface area contributed by atoms with E-state index in [9.17, 15) is 4.79 Å². The van der Waals surface area contributed by atoms with Crippen LogP contribution in [0, 0.1) is 5.92 Å². The van der Waals surface area contributed by atoms with E-state index < -0.39 is 0 Å². The number of hydrogen-bond acceptors (Lipinski definition) is 3. The van der Waals surface area contributed by atoms with Gasteiger partial charge in [-0.15, -0.1) is 12.4 Å². The van der Waals surface area contributed by atoms with Gasteiger partial charge in [0.15, 0.2) is 0 Å². The van der Waals surface area contributed by atoms with Gasteiger partial charge in [0.25, 0.3) is 0 Å². The van der Waals surface area contributed by atoms with Crippen molar-refractivity contribution in [3.8, 4) is 0 Å². The smallest absolute Gasteiger partial charge is 0.222 e. The van der Waals surface area contributed by atoms with Crippen LogP contribution in [0.5, 0.6) is 0 Å². The number of carbonyl (C=O) groups excluding carboxylic acids is 1. The minimum Gasteiger partial charge on any atom is -0.378 e. The topological polar surface area (TPSA) is 41.6 Å². The number of nitrogens with one attached hydrogen (secondary N) is 1. The molecule has 2 aliphatic rings. The molecule has 1 amide bonds. The Balaban J connectivity index is 0.00000200. The number of likely N-dealkylation sites (tertiary alicyclic amines) is 1. The molecule has 2 aliphatic heterocycles. The Hall–Kier alpha value is -0.320. The van der Waals surface area contributed by atoms with Crippen molar-refractivity contribution in [1.29, 1.82) is 0 Å². The quantitative estimate of drug-likeness (QED) is 0.847. The lowest BCUT2D eigenvalue weighted by Gasteiger charge is -2.33. The Morgan fingerprint density at radius 2 is 2.15 bits per heavy atom. The maximum atomic E-state index is 12.2. The summed E-state index contributed by atoms with van der Waals surface area (Å²) >= 11 is 0. The van der Waals surface area contributed by atoms with Crippen LogP contribution in [0.4, 0.5) is 0 Å². The van der Waals surface area contributed by atoms with Gasteiger partial charge in [-0.2, -0.15) is 0 Å². The zero-order valence-electron chi connectivity index (χ0n) is 12.6. The molecule has 1 N–H and O–H groups in total. The van der Waals surface area contributed by atoms with E-state index in [2.05, 4.69) is 10.2 Å². The fourth-order valence-electron chi connectivity index (χ4n) is 3.22. The number of piperidine rings is 1. The minimum absolute atomic E-state index is 0. The Morgan fingerprint density at radius 3 is 2.85 bits per heavy atom. The summed E-state index contributed by atoms with van der Waals surface area (Å²) in [4.78, 5) is 14.3. The molecule has 0 spiro atoms. The molecule has 0 aromatic rings. The van der Waals surface area contributed by atoms with E-state index in [-0.39, 0.29) is 12.4 Å². The van der Waals surface area contributed by atoms with Crippen molar-refractivity contribution in [3.05, 3.63) is 0 Å². The SMILES string of the molecule is CNCC1CCCN(C(=O)CCC2CCCCO2)C1.Cl. The maximum absolute atomic E-state index is 12.2. The first kappa shape index (κ1) is 17.7. The number of nitrogens with zero attached hydrogens (tertiary/aromatic N) is 1. The molecular formula is C15H29ClN2O2. The van der Waals surface area contributed by atoms with Gasteiger partial charge in [-0.25, -0.2) is 0 Å². The van der Waals surface area contributed by atoms with Gasteiger partial charge in [0.05, 0.1) is 6.10 Å². The monoisotopic (exact) mass is 304 g/mol. The van der Waals surface area contributed by atoms with Gasteiger partial charge in [-0.05, 0) is 58.0 Å². The van der Waals surface area contributed by atoms with Crippen molar-refractivity contribution >= 4 is 18.3 Å². The zero-order chi connectivity index (χ0) is 13.5. The maximum Gasteiger partial charge on any atom is 0.222 e. The van der Waals surface area contributed by atoms with E-state index in [1.165, 1.54) is 19.3 Å². The van der Waals surface area contributed by atoms with Gasteiger partial charge in [0.1, 0.15) is 0 Å². The molecule has 2 saturated heterocycles. The van der Waals surface area contributed by atoms with Crippen molar-refractivity contribution in [1.82, 2.24) is 10.2 Å². The highest BCUT2D eigenvalue weighted by atomic mass is 35.5. The van der Waals surface area contributed by atoms with E-state index in [1.54, 1.807) is 0 Å². The Morgan fingerprint density at radius 1 is 1.30 bits per heavy atom. The second-order valence-corrected chi connectivity index (χ2v) is 5.93. The molecule has 0 aromatic heterocycles. The van der Waals surface area contributed by atoms with Crippen LogP contribution < -0.4 is 5.32 Å². The lowest BCUT2D eigenvalue weighted by Crippen LogP contribution is -2.42. The van der Waals surface area contributed by atoms with Crippen LogP contribution in [0.15, 0.2) is 0 Å². The molecule has 2 heterocycles. The van der Waals surface area contributed by atoms with Crippen molar-refractivity contribution < 1.29 is 9.53 Å². The highest BCUT2D eigenvalue weighted by Gasteiger charge is 2.24. The van der Waals surface area contributed by atoms with Gasteiger partial charge < -0.3 is 15.0 Å². The lowest BCUT2D eigenvalue weighted by atomic mass is 9.97. The third-order valence-corrected chi connectivity index (χ3v) is 4.32. The second kappa shape index (κ2) is 9.59. The molecule has 20 heavy (non-hydrogen) atoms. The molecule has 0 radical (unpaired) electrons. The van der Waals surface area contributed by atoms with Crippen LogP contribution in [-0.2, 0) is 9.53 Å². The highest BCUT2D eigenvalue weighted by molar-refractivity contribution is 5.85. The molecule has 0 saturated carbocycles. The average molecular weight is 305 g/mol. The van der Waals surface area contributed by atoms with Crippen LogP contribution in [-0.4, -0.2) is 50.2 Å². The zero-order valence-corrected chi connectivity index (χ0v) is 13.4. The Kier molecular flexibility index (Phi) is 8.50. The number of ether oxygens (including phenoxy) is 1. The summed E-state index contributed by atoms with van der Waals surface area (Å²) in [5.41, 5.74) is 0. The fraction of sp³-hybridized carbons (Fsp3) is 0.933. The van der Waals surface area contributed by atoms with Crippen LogP contribution in [0.2, 0.25) is 0 Å². The minimum atomic E-state index is 0. The molecule has 0 aliphatic carbocycles. The summed E-state index contributed by atoms with van der Waals surface area (Å²) in [6.07, 6.45) is 7.87. The van der Waals surface area contributed by atoms with Crippen LogP contribution in [0.25, 0.3) is 0 Å². The lowest BCUT2D eigenvalue weighted by molar-refractivity contribution is -0.134. The van der Waals surface area contributed by atoms with Crippen molar-refractivity contribution in [2.45, 2.75) is 51.0 Å². The third kappa shape index (κ3) is 5.58. The molecular weight excluding hydrogens is 276 g/mol. The van der Waals surface area contributed by atoms with Gasteiger partial charge in [0, 0.05) is 26.1 Å². The molecule has 0 aromatic carbocycles. The summed E-state index contributed by atoms with van der Waals surface area (Å²) in [5, 5.41) is 3.22. The number of amides is 1. The molecule has 4 nitrogen and oxygen atoms in total. The first-order chi connectivity index (χ1) is 9.29. The molecule has 2 unspecified atom stereocenters. The van der Waals surface area contributed by atoms with Gasteiger partial charge in [-0.3, -0.25) is 4.79 Å². The normalized spacial score (nSPS) is 26.9. The van der Waals surface area contributed by atoms with E-state index >= 15 is 0 Å². The summed E-state index contributed by atoms with van der Waals surface area (Å²) in [7, 11) is 1.99. The van der Waals surface area contributed by atoms with Gasteiger partial charge in [0.2, 0.25) is 5.91 Å². The summed E-state index contributed by atoms with van der Waals surface area (Å²) in [5.74, 6) is 0.962. The number of rotatable bonds is 5. The predicted molar refractivity (Wildman–Crippen MR) is 83.3 cm³/mol. The van der Waals surface area contributed by atoms with Crippen molar-refractivity contribution in [3.63, 3.8) is 0 Å². The molecule has 2 atom stereocenters. The Bertz CT molecular complexity index is 281. The van der Waals surface area contributed by atoms with E-state index in [4.69, 9.17) is 4.74 Å². The van der Waals surface area contributed by atoms with Crippen LogP contribution in [0.1, 0.15) is 44.9 Å². The summed E-state index contributed by atoms with van der Waals surface area (Å²) in [6.45, 7) is 3.79. The van der Waals surface area contributed by atoms with Gasteiger partial charge >= 0.3 is 0 Å². The van der Waals surface area contributed by atoms with Crippen LogP contribution in [0.3, 0.4) is 0 Å². The molecule has 2 rings (SSSR count). The average Bonchev–Trinajstić information content (AvgIpc) is 2.46. The third-order valence-electron chi connectivity index (χ3n) is 4.32. The molecule has 0 bridgehead atoms. The number of halogens is 1. The fourth-order valence-corrected chi connectivity index (χ4v) is 3.22. The largest absolute Gasteiger partial charge is 0.378 e. The van der Waals surface area contributed by atoms with E-state index in [0.717, 1.165) is 45.5 Å². The Labute approximate surface area is 129 Å². The van der Waals surface area contributed by atoms with Crippen molar-refractivity contribution in [2.24, 2.45) is 5.92 Å². The predicted octanol–water partition coefficient (Wildman–Crippen LogP) is 2.22. The second-order valence-electron chi connectivity index (χ2n) is 5.93. The van der Waals surface area contributed by atoms with Gasteiger partial charge in [-0.1, -0.05) is 0 Å². The highest BCUT2D eigenvalue weighted by Crippen LogP contribution is 2.20. The van der Waals surface area contributed by atoms with E-state index in [0.29, 0.717) is 24.3 Å². The molecule has 5 heteroatoms. The van der Waals surface area contributed by atoms with E-state index in [1.807, 2.05) is 7.05 Å². The first-order valence-corrected chi connectivity index (χ1v) is 7.83. The first-order valence-electron chi connectivity index (χ1n) is 7.83. The number of carbonyl (C=O) groups is 1. The summed E-state index contributed by atoms with van der Waals surface area (Å²) < 4.78 is 5.69. The summed E-state index contributed by atoms with van der Waals surface area (Å²) in [6, 6.07) is 0. The molecule has 118 valence electrons. The number of hydrogen-bond donors (Lipinski definition) is 1. The standard InChI is InChI=1S/C15H28N2O2.ClH/c1-16-11-13-5-4-9-17(12-13)15(18)8-7-14-6-2-3-10-19-14;/h13-14,16H,2-12H2,1H3;1H. The van der Waals surface area contributed by atoms with Crippen LogP contribution >= 0.6 is 12.4 Å².